The highest BCUT2D eigenvalue weighted by Gasteiger charge is 2.22. The van der Waals surface area contributed by atoms with Crippen molar-refractivity contribution in [2.45, 2.75) is 72.4 Å². The Morgan fingerprint density at radius 3 is 1.80 bits per heavy atom. The number of aromatic nitrogens is 2. The van der Waals surface area contributed by atoms with Crippen LogP contribution in [0.2, 0.25) is 0 Å². The van der Waals surface area contributed by atoms with Gasteiger partial charge in [0.1, 0.15) is 0 Å². The summed E-state index contributed by atoms with van der Waals surface area (Å²) in [6, 6.07) is 40.1. The van der Waals surface area contributed by atoms with E-state index in [2.05, 4.69) is 214 Å². The van der Waals surface area contributed by atoms with E-state index in [9.17, 15) is 0 Å². The second-order valence-corrected chi connectivity index (χ2v) is 15.6. The topological polar surface area (TPSA) is 28.4 Å². The quantitative estimate of drug-likeness (QED) is 0.177. The van der Waals surface area contributed by atoms with E-state index in [0.29, 0.717) is 12.1 Å². The van der Waals surface area contributed by atoms with Crippen molar-refractivity contribution in [3.05, 3.63) is 172 Å². The van der Waals surface area contributed by atoms with Crippen molar-refractivity contribution >= 4 is 29.2 Å². The highest BCUT2D eigenvalue weighted by atomic mass is 15.1. The molecule has 4 heterocycles. The Hall–Kier alpha value is -5.68. The highest BCUT2D eigenvalue weighted by molar-refractivity contribution is 5.65. The Labute approximate surface area is 329 Å². The number of aryl methyl sites for hydroxylation is 5. The molecule has 0 saturated carbocycles. The average Bonchev–Trinajstić information content (AvgIpc) is 3.65. The van der Waals surface area contributed by atoms with Crippen molar-refractivity contribution < 1.29 is 0 Å². The van der Waals surface area contributed by atoms with E-state index in [1.54, 1.807) is 0 Å². The predicted molar refractivity (Wildman–Crippen MR) is 237 cm³/mol. The molecule has 0 aliphatic carbocycles. The maximum absolute atomic E-state index is 3.69. The van der Waals surface area contributed by atoms with E-state index in [1.165, 1.54) is 85.5 Å². The smallest absolute Gasteiger partial charge is 0.0476 e. The van der Waals surface area contributed by atoms with Gasteiger partial charge >= 0.3 is 0 Å². The minimum atomic E-state index is 0.373. The van der Waals surface area contributed by atoms with Crippen LogP contribution in [0, 0.1) is 34.6 Å². The second-order valence-electron chi connectivity index (χ2n) is 15.6. The zero-order valence-corrected chi connectivity index (χ0v) is 34.0. The molecule has 0 bridgehead atoms. The molecule has 55 heavy (non-hydrogen) atoms. The SMILES string of the molecule is Cc1cc(/C=C/C2CCc3cc(N(C)C)ccc3N2)c(C)n1-c1ccccc1.Cc1ccc2c(c1)CCC(/C=C/c1cc(C)n(-c3ccccc3)c1C)N2C. The molecule has 2 aliphatic rings. The third-order valence-electron chi connectivity index (χ3n) is 11.5. The number of rotatable bonds is 7. The summed E-state index contributed by atoms with van der Waals surface area (Å²) in [7, 11) is 6.40. The lowest BCUT2D eigenvalue weighted by Gasteiger charge is -2.34. The van der Waals surface area contributed by atoms with E-state index < -0.39 is 0 Å². The van der Waals surface area contributed by atoms with Gasteiger partial charge < -0.3 is 24.3 Å². The molecule has 2 aromatic heterocycles. The van der Waals surface area contributed by atoms with Crippen LogP contribution in [0.5, 0.6) is 0 Å². The van der Waals surface area contributed by atoms with E-state index in [-0.39, 0.29) is 0 Å². The maximum atomic E-state index is 3.69. The first-order chi connectivity index (χ1) is 26.6. The molecule has 1 N–H and O–H groups in total. The fraction of sp³-hybridized carbons (Fsp3) is 0.280. The zero-order chi connectivity index (χ0) is 38.6. The molecule has 2 unspecified atom stereocenters. The van der Waals surface area contributed by atoms with Crippen molar-refractivity contribution in [1.82, 2.24) is 9.13 Å². The first-order valence-corrected chi connectivity index (χ1v) is 19.8. The summed E-state index contributed by atoms with van der Waals surface area (Å²) in [6.07, 6.45) is 13.8. The Bertz CT molecular complexity index is 2300. The summed E-state index contributed by atoms with van der Waals surface area (Å²) in [5.41, 5.74) is 18.3. The molecular weight excluding hydrogens is 671 g/mol. The first kappa shape index (κ1) is 37.6. The van der Waals surface area contributed by atoms with Crippen LogP contribution in [0.4, 0.5) is 17.1 Å². The molecule has 2 atom stereocenters. The van der Waals surface area contributed by atoms with Gasteiger partial charge in [0.25, 0.3) is 0 Å². The molecule has 0 saturated heterocycles. The summed E-state index contributed by atoms with van der Waals surface area (Å²) in [5.74, 6) is 0. The summed E-state index contributed by atoms with van der Waals surface area (Å²) in [5, 5.41) is 3.69. The Balaban J connectivity index is 0.000000169. The lowest BCUT2D eigenvalue weighted by molar-refractivity contribution is 0.646. The minimum Gasteiger partial charge on any atom is -0.379 e. The van der Waals surface area contributed by atoms with Crippen molar-refractivity contribution in [3.63, 3.8) is 0 Å². The van der Waals surface area contributed by atoms with Gasteiger partial charge in [0.15, 0.2) is 0 Å². The fourth-order valence-electron chi connectivity index (χ4n) is 8.39. The van der Waals surface area contributed by atoms with E-state index >= 15 is 0 Å². The standard InChI is InChI=1S/C25H29N3.C25H28N2/c1-18-16-20(19(2)28(18)23-8-6-5-7-9-23)10-12-22-13-11-21-17-24(27(3)4)14-15-25(21)26-22;1-18-10-15-25-22(16-18)12-14-23(26(25)4)13-11-21-17-19(2)27(20(21)3)24-8-6-5-7-9-24/h5-10,12,14-17,22,26H,11,13H2,1-4H3;5-11,13,15-17,23H,12,14H2,1-4H3/b12-10+;13-11+. The Morgan fingerprint density at radius 2 is 1.20 bits per heavy atom. The molecule has 2 aliphatic heterocycles. The highest BCUT2D eigenvalue weighted by Crippen LogP contribution is 2.32. The van der Waals surface area contributed by atoms with E-state index in [1.807, 2.05) is 0 Å². The van der Waals surface area contributed by atoms with Crippen LogP contribution in [0.3, 0.4) is 0 Å². The van der Waals surface area contributed by atoms with Gasteiger partial charge in [-0.2, -0.15) is 0 Å². The zero-order valence-electron chi connectivity index (χ0n) is 34.0. The number of nitrogens with zero attached hydrogens (tertiary/aromatic N) is 4. The van der Waals surface area contributed by atoms with Gasteiger partial charge in [-0.1, -0.05) is 78.4 Å². The van der Waals surface area contributed by atoms with E-state index in [4.69, 9.17) is 0 Å². The van der Waals surface area contributed by atoms with Crippen LogP contribution < -0.4 is 15.1 Å². The molecule has 0 spiro atoms. The van der Waals surface area contributed by atoms with Gasteiger partial charge in [0.2, 0.25) is 0 Å². The second kappa shape index (κ2) is 16.4. The number of benzene rings is 4. The first-order valence-electron chi connectivity index (χ1n) is 19.8. The van der Waals surface area contributed by atoms with Crippen molar-refractivity contribution in [3.8, 4) is 11.4 Å². The van der Waals surface area contributed by atoms with Gasteiger partial charge in [-0.3, -0.25) is 0 Å². The third kappa shape index (κ3) is 8.22. The van der Waals surface area contributed by atoms with Gasteiger partial charge in [-0.25, -0.2) is 0 Å². The molecule has 0 fully saturated rings. The average molecular weight is 728 g/mol. The van der Waals surface area contributed by atoms with Crippen LogP contribution >= 0.6 is 0 Å². The van der Waals surface area contributed by atoms with Crippen LogP contribution in [0.1, 0.15) is 63.4 Å². The number of hydrogen-bond acceptors (Lipinski definition) is 3. The number of anilines is 3. The summed E-state index contributed by atoms with van der Waals surface area (Å²) in [6.45, 7) is 10.9. The fourth-order valence-corrected chi connectivity index (χ4v) is 8.39. The van der Waals surface area contributed by atoms with Crippen LogP contribution in [-0.2, 0) is 12.8 Å². The van der Waals surface area contributed by atoms with Crippen LogP contribution in [-0.4, -0.2) is 42.4 Å². The maximum Gasteiger partial charge on any atom is 0.0476 e. The molecular formula is C50H57N5. The van der Waals surface area contributed by atoms with Crippen molar-refractivity contribution in [1.29, 1.82) is 0 Å². The number of hydrogen-bond donors (Lipinski definition) is 1. The lowest BCUT2D eigenvalue weighted by Crippen LogP contribution is -2.34. The third-order valence-corrected chi connectivity index (χ3v) is 11.5. The van der Waals surface area contributed by atoms with Crippen LogP contribution in [0.25, 0.3) is 23.5 Å². The summed E-state index contributed by atoms with van der Waals surface area (Å²) in [4.78, 5) is 4.58. The molecule has 4 aromatic carbocycles. The molecule has 0 radical (unpaired) electrons. The van der Waals surface area contributed by atoms with Gasteiger partial charge in [-0.05, 0) is 143 Å². The van der Waals surface area contributed by atoms with Gasteiger partial charge in [0, 0.05) is 84.4 Å². The predicted octanol–water partition coefficient (Wildman–Crippen LogP) is 11.5. The summed E-state index contributed by atoms with van der Waals surface area (Å²) >= 11 is 0. The molecule has 8 rings (SSSR count). The van der Waals surface area contributed by atoms with Gasteiger partial charge in [0.05, 0.1) is 0 Å². The van der Waals surface area contributed by atoms with E-state index in [0.717, 1.165) is 19.3 Å². The number of nitrogens with one attached hydrogen (secondary N) is 1. The Morgan fingerprint density at radius 1 is 0.618 bits per heavy atom. The van der Waals surface area contributed by atoms with Crippen molar-refractivity contribution in [2.75, 3.05) is 36.3 Å². The minimum absolute atomic E-state index is 0.373. The Kier molecular flexibility index (Phi) is 11.2. The molecule has 282 valence electrons. The molecule has 0 amide bonds. The number of likely N-dealkylation sites (N-methyl/N-ethyl adjacent to an activating group) is 1. The molecule has 6 aromatic rings. The largest absolute Gasteiger partial charge is 0.379 e. The van der Waals surface area contributed by atoms with Crippen LogP contribution in [0.15, 0.2) is 121 Å². The monoisotopic (exact) mass is 727 g/mol. The molecule has 5 nitrogen and oxygen atoms in total. The summed E-state index contributed by atoms with van der Waals surface area (Å²) < 4.78 is 4.66. The van der Waals surface area contributed by atoms with Gasteiger partial charge in [-0.15, -0.1) is 0 Å². The number of para-hydroxylation sites is 2. The normalized spacial score (nSPS) is 16.4. The molecule has 5 heteroatoms. The lowest BCUT2D eigenvalue weighted by atomic mass is 9.94. The number of fused-ring (bicyclic) bond motifs is 2. The van der Waals surface area contributed by atoms with Crippen molar-refractivity contribution in [2.24, 2.45) is 0 Å².